The molecule has 88 valence electrons. The van der Waals surface area contributed by atoms with Crippen molar-refractivity contribution in [2.24, 2.45) is 5.73 Å². The number of aryl methyl sites for hydroxylation is 1. The summed E-state index contributed by atoms with van der Waals surface area (Å²) in [5.41, 5.74) is 5.99. The van der Waals surface area contributed by atoms with Crippen molar-refractivity contribution in [2.75, 3.05) is 0 Å². The van der Waals surface area contributed by atoms with Gasteiger partial charge in [-0.15, -0.1) is 0 Å². The second kappa shape index (κ2) is 4.25. The van der Waals surface area contributed by atoms with Gasteiger partial charge in [0, 0.05) is 18.0 Å². The minimum Gasteiger partial charge on any atom is -0.364 e. The zero-order chi connectivity index (χ0) is 12.4. The van der Waals surface area contributed by atoms with Gasteiger partial charge in [0.1, 0.15) is 12.4 Å². The first-order valence-electron chi connectivity index (χ1n) is 5.07. The molecule has 17 heavy (non-hydrogen) atoms. The van der Waals surface area contributed by atoms with Crippen LogP contribution in [0, 0.1) is 6.92 Å². The average Bonchev–Trinajstić information content (AvgIpc) is 2.64. The molecule has 1 amide bonds. The van der Waals surface area contributed by atoms with Gasteiger partial charge < -0.3 is 5.73 Å². The molecule has 0 fully saturated rings. The van der Waals surface area contributed by atoms with E-state index in [0.29, 0.717) is 0 Å². The van der Waals surface area contributed by atoms with Crippen LogP contribution in [0.25, 0.3) is 0 Å². The van der Waals surface area contributed by atoms with E-state index in [4.69, 9.17) is 5.73 Å². The Labute approximate surface area is 97.3 Å². The maximum absolute atomic E-state index is 11.5. The van der Waals surface area contributed by atoms with Crippen LogP contribution in [0.15, 0.2) is 35.3 Å². The number of amides is 1. The molecule has 0 radical (unpaired) electrons. The lowest BCUT2D eigenvalue weighted by Gasteiger charge is -2.06. The normalized spacial score (nSPS) is 10.4. The highest BCUT2D eigenvalue weighted by Gasteiger charge is 2.08. The standard InChI is InChI=1S/C11H12N4O2/c1-8-6-9(11(12)17)13-15(8)7-14-5-3-2-4-10(14)16/h2-6H,7H2,1H3,(H2,12,17). The van der Waals surface area contributed by atoms with Crippen LogP contribution >= 0.6 is 0 Å². The maximum Gasteiger partial charge on any atom is 0.269 e. The number of primary amides is 1. The van der Waals surface area contributed by atoms with Gasteiger partial charge in [0.25, 0.3) is 11.5 Å². The molecule has 2 rings (SSSR count). The third-order valence-electron chi connectivity index (χ3n) is 2.42. The molecule has 0 aliphatic rings. The lowest BCUT2D eigenvalue weighted by molar-refractivity contribution is 0.0994. The lowest BCUT2D eigenvalue weighted by Crippen LogP contribution is -2.23. The van der Waals surface area contributed by atoms with Crippen molar-refractivity contribution in [2.45, 2.75) is 13.6 Å². The zero-order valence-corrected chi connectivity index (χ0v) is 9.33. The van der Waals surface area contributed by atoms with Crippen LogP contribution in [0.1, 0.15) is 16.2 Å². The van der Waals surface area contributed by atoms with Crippen molar-refractivity contribution in [3.63, 3.8) is 0 Å². The van der Waals surface area contributed by atoms with E-state index in [1.54, 1.807) is 36.0 Å². The molecule has 0 spiro atoms. The number of hydrogen-bond donors (Lipinski definition) is 1. The maximum atomic E-state index is 11.5. The van der Waals surface area contributed by atoms with Crippen LogP contribution in [-0.2, 0) is 6.67 Å². The Balaban J connectivity index is 2.34. The third-order valence-corrected chi connectivity index (χ3v) is 2.42. The summed E-state index contributed by atoms with van der Waals surface area (Å²) in [7, 11) is 0. The number of pyridine rings is 1. The highest BCUT2D eigenvalue weighted by Crippen LogP contribution is 2.02. The molecule has 0 aliphatic heterocycles. The quantitative estimate of drug-likeness (QED) is 0.805. The molecule has 0 bridgehead atoms. The van der Waals surface area contributed by atoms with E-state index >= 15 is 0 Å². The number of nitrogens with two attached hydrogens (primary N) is 1. The summed E-state index contributed by atoms with van der Waals surface area (Å²) in [4.78, 5) is 22.5. The number of rotatable bonds is 3. The second-order valence-corrected chi connectivity index (χ2v) is 3.68. The number of nitrogens with zero attached hydrogens (tertiary/aromatic N) is 3. The Kier molecular flexibility index (Phi) is 2.78. The summed E-state index contributed by atoms with van der Waals surface area (Å²) in [5, 5.41) is 4.03. The molecule has 0 saturated carbocycles. The van der Waals surface area contributed by atoms with Gasteiger partial charge in [0.2, 0.25) is 0 Å². The highest BCUT2D eigenvalue weighted by atomic mass is 16.1. The van der Waals surface area contributed by atoms with Gasteiger partial charge in [-0.2, -0.15) is 5.10 Å². The van der Waals surface area contributed by atoms with E-state index < -0.39 is 5.91 Å². The molecule has 2 aromatic rings. The number of carbonyl (C=O) groups excluding carboxylic acids is 1. The first-order chi connectivity index (χ1) is 8.08. The fourth-order valence-corrected chi connectivity index (χ4v) is 1.50. The van der Waals surface area contributed by atoms with Gasteiger partial charge in [-0.25, -0.2) is 4.68 Å². The first kappa shape index (κ1) is 11.1. The lowest BCUT2D eigenvalue weighted by atomic mass is 10.4. The summed E-state index contributed by atoms with van der Waals surface area (Å²) in [5.74, 6) is -0.577. The van der Waals surface area contributed by atoms with Crippen molar-refractivity contribution >= 4 is 5.91 Å². The molecule has 0 aromatic carbocycles. The van der Waals surface area contributed by atoms with Crippen molar-refractivity contribution in [1.82, 2.24) is 14.3 Å². The molecular weight excluding hydrogens is 220 g/mol. The van der Waals surface area contributed by atoms with E-state index in [-0.39, 0.29) is 17.9 Å². The molecule has 2 N–H and O–H groups in total. The van der Waals surface area contributed by atoms with Crippen molar-refractivity contribution in [3.8, 4) is 0 Å². The van der Waals surface area contributed by atoms with Gasteiger partial charge in [0.05, 0.1) is 0 Å². The van der Waals surface area contributed by atoms with E-state index in [1.165, 1.54) is 10.6 Å². The van der Waals surface area contributed by atoms with Crippen LogP contribution in [0.3, 0.4) is 0 Å². The molecule has 0 unspecified atom stereocenters. The van der Waals surface area contributed by atoms with Crippen LogP contribution in [-0.4, -0.2) is 20.3 Å². The summed E-state index contributed by atoms with van der Waals surface area (Å²) in [6, 6.07) is 6.49. The molecule has 6 nitrogen and oxygen atoms in total. The van der Waals surface area contributed by atoms with E-state index in [1.807, 2.05) is 0 Å². The Morgan fingerprint density at radius 3 is 2.82 bits per heavy atom. The van der Waals surface area contributed by atoms with Crippen LogP contribution in [0.4, 0.5) is 0 Å². The average molecular weight is 232 g/mol. The van der Waals surface area contributed by atoms with Gasteiger partial charge in [-0.3, -0.25) is 14.2 Å². The Morgan fingerprint density at radius 2 is 2.24 bits per heavy atom. The molecule has 0 atom stereocenters. The minimum absolute atomic E-state index is 0.122. The summed E-state index contributed by atoms with van der Waals surface area (Å²) < 4.78 is 3.05. The monoisotopic (exact) mass is 232 g/mol. The summed E-state index contributed by atoms with van der Waals surface area (Å²) in [6.45, 7) is 2.06. The van der Waals surface area contributed by atoms with E-state index in [9.17, 15) is 9.59 Å². The predicted octanol–water partition coefficient (Wildman–Crippen LogP) is -0.0421. The van der Waals surface area contributed by atoms with Gasteiger partial charge >= 0.3 is 0 Å². The van der Waals surface area contributed by atoms with E-state index in [0.717, 1.165) is 5.69 Å². The largest absolute Gasteiger partial charge is 0.364 e. The number of hydrogen-bond acceptors (Lipinski definition) is 3. The summed E-state index contributed by atoms with van der Waals surface area (Å²) >= 11 is 0. The van der Waals surface area contributed by atoms with Crippen molar-refractivity contribution in [3.05, 3.63) is 52.2 Å². The fraction of sp³-hybridized carbons (Fsp3) is 0.182. The fourth-order valence-electron chi connectivity index (χ4n) is 1.50. The predicted molar refractivity (Wildman–Crippen MR) is 61.6 cm³/mol. The SMILES string of the molecule is Cc1cc(C(N)=O)nn1Cn1ccccc1=O. The van der Waals surface area contributed by atoms with Crippen LogP contribution in [0.2, 0.25) is 0 Å². The molecule has 2 aromatic heterocycles. The smallest absolute Gasteiger partial charge is 0.269 e. The van der Waals surface area contributed by atoms with Gasteiger partial charge in [-0.1, -0.05) is 6.07 Å². The Morgan fingerprint density at radius 1 is 1.47 bits per heavy atom. The van der Waals surface area contributed by atoms with Gasteiger partial charge in [-0.05, 0) is 19.1 Å². The molecule has 0 saturated heterocycles. The van der Waals surface area contributed by atoms with Gasteiger partial charge in [0.15, 0.2) is 0 Å². The third kappa shape index (κ3) is 2.25. The minimum atomic E-state index is -0.577. The number of aromatic nitrogens is 3. The van der Waals surface area contributed by atoms with Crippen molar-refractivity contribution in [1.29, 1.82) is 0 Å². The molecule has 6 heteroatoms. The second-order valence-electron chi connectivity index (χ2n) is 3.68. The summed E-state index contributed by atoms with van der Waals surface area (Å²) in [6.07, 6.45) is 1.66. The highest BCUT2D eigenvalue weighted by molar-refractivity contribution is 5.90. The topological polar surface area (TPSA) is 82.9 Å². The molecule has 2 heterocycles. The Hall–Kier alpha value is -2.37. The van der Waals surface area contributed by atoms with Crippen LogP contribution < -0.4 is 11.3 Å². The zero-order valence-electron chi connectivity index (χ0n) is 9.33. The molecular formula is C11H12N4O2. The van der Waals surface area contributed by atoms with E-state index in [2.05, 4.69) is 5.10 Å². The molecule has 0 aliphatic carbocycles. The van der Waals surface area contributed by atoms with Crippen LogP contribution in [0.5, 0.6) is 0 Å². The Bertz CT molecular complexity index is 612. The number of carbonyl (C=O) groups is 1. The first-order valence-corrected chi connectivity index (χ1v) is 5.07. The van der Waals surface area contributed by atoms with Crippen molar-refractivity contribution < 1.29 is 4.79 Å².